The van der Waals surface area contributed by atoms with E-state index in [1.165, 1.54) is 20.3 Å². The fourth-order valence-corrected chi connectivity index (χ4v) is 2.77. The lowest BCUT2D eigenvalue weighted by Crippen LogP contribution is -2.08. The maximum Gasteiger partial charge on any atom is 0.0130 e. The summed E-state index contributed by atoms with van der Waals surface area (Å²) in [6, 6.07) is 17.8. The monoisotopic (exact) mass is 350 g/mol. The van der Waals surface area contributed by atoms with Crippen LogP contribution in [0, 0.1) is 16.4 Å². The first kappa shape index (κ1) is 13.6. The molecule has 0 aliphatic heterocycles. The highest BCUT2D eigenvalue weighted by molar-refractivity contribution is 14.1. The summed E-state index contributed by atoms with van der Waals surface area (Å²) in [7, 11) is 0. The van der Waals surface area contributed by atoms with E-state index in [1.807, 2.05) is 0 Å². The predicted octanol–water partition coefficient (Wildman–Crippen LogP) is 5.39. The minimum Gasteiger partial charge on any atom is -0.0619 e. The molecule has 0 aliphatic rings. The van der Waals surface area contributed by atoms with Crippen molar-refractivity contribution in [1.29, 1.82) is 0 Å². The molecule has 0 radical (unpaired) electrons. The van der Waals surface area contributed by atoms with Crippen molar-refractivity contribution in [2.75, 3.05) is 0 Å². The Balaban J connectivity index is 2.39. The van der Waals surface area contributed by atoms with Gasteiger partial charge < -0.3 is 0 Å². The summed E-state index contributed by atoms with van der Waals surface area (Å²) < 4.78 is 1.29. The van der Waals surface area contributed by atoms with Crippen LogP contribution >= 0.6 is 22.6 Å². The Morgan fingerprint density at radius 3 is 1.67 bits per heavy atom. The fraction of sp³-hybridized carbons (Fsp3) is 0.294. The lowest BCUT2D eigenvalue weighted by molar-refractivity contribution is 0.563. The van der Waals surface area contributed by atoms with Gasteiger partial charge in [0.1, 0.15) is 0 Å². The SMILES string of the molecule is Cc1ccc(C(c2ccc(I)cc2)C(C)C)cc1. The standard InChI is InChI=1S/C17H19I/c1-12(2)17(14-6-4-13(3)5-7-14)15-8-10-16(18)11-9-15/h4-12,17H,1-3H3. The molecule has 2 aromatic rings. The van der Waals surface area contributed by atoms with Crippen LogP contribution in [0.3, 0.4) is 0 Å². The summed E-state index contributed by atoms with van der Waals surface area (Å²) in [4.78, 5) is 0. The van der Waals surface area contributed by atoms with Crippen molar-refractivity contribution in [3.05, 3.63) is 68.8 Å². The molecule has 0 aliphatic carbocycles. The van der Waals surface area contributed by atoms with Gasteiger partial charge in [0.2, 0.25) is 0 Å². The van der Waals surface area contributed by atoms with Crippen molar-refractivity contribution in [1.82, 2.24) is 0 Å². The Labute approximate surface area is 124 Å². The molecule has 0 heterocycles. The lowest BCUT2D eigenvalue weighted by Gasteiger charge is -2.22. The Hall–Kier alpha value is -0.830. The van der Waals surface area contributed by atoms with Crippen LogP contribution in [0.2, 0.25) is 0 Å². The van der Waals surface area contributed by atoms with Crippen molar-refractivity contribution in [2.24, 2.45) is 5.92 Å². The lowest BCUT2D eigenvalue weighted by atomic mass is 9.82. The number of benzene rings is 2. The average Bonchev–Trinajstić information content (AvgIpc) is 2.34. The van der Waals surface area contributed by atoms with Gasteiger partial charge in [-0.15, -0.1) is 0 Å². The molecule has 0 fully saturated rings. The molecule has 94 valence electrons. The van der Waals surface area contributed by atoms with Crippen molar-refractivity contribution in [3.63, 3.8) is 0 Å². The second-order valence-corrected chi connectivity index (χ2v) is 6.43. The first-order valence-electron chi connectivity index (χ1n) is 6.40. The molecule has 0 spiro atoms. The topological polar surface area (TPSA) is 0 Å². The van der Waals surface area contributed by atoms with E-state index in [2.05, 4.69) is 91.9 Å². The van der Waals surface area contributed by atoms with Gasteiger partial charge in [0.25, 0.3) is 0 Å². The third kappa shape index (κ3) is 3.14. The summed E-state index contributed by atoms with van der Waals surface area (Å²) >= 11 is 2.36. The highest BCUT2D eigenvalue weighted by Gasteiger charge is 2.17. The van der Waals surface area contributed by atoms with E-state index in [9.17, 15) is 0 Å². The van der Waals surface area contributed by atoms with Gasteiger partial charge in [-0.2, -0.15) is 0 Å². The van der Waals surface area contributed by atoms with Gasteiger partial charge in [0.15, 0.2) is 0 Å². The molecule has 0 bridgehead atoms. The van der Waals surface area contributed by atoms with E-state index in [0.717, 1.165) is 0 Å². The Morgan fingerprint density at radius 2 is 1.22 bits per heavy atom. The maximum absolute atomic E-state index is 2.36. The molecule has 0 saturated heterocycles. The predicted molar refractivity (Wildman–Crippen MR) is 87.0 cm³/mol. The molecule has 2 rings (SSSR count). The molecule has 0 saturated carbocycles. The van der Waals surface area contributed by atoms with Crippen LogP contribution in [0.4, 0.5) is 0 Å². The molecule has 0 nitrogen and oxygen atoms in total. The Bertz CT molecular complexity index is 449. The number of rotatable bonds is 3. The van der Waals surface area contributed by atoms with Gasteiger partial charge in [0.05, 0.1) is 0 Å². The van der Waals surface area contributed by atoms with Crippen LogP contribution in [0.25, 0.3) is 0 Å². The van der Waals surface area contributed by atoms with Crippen molar-refractivity contribution < 1.29 is 0 Å². The Morgan fingerprint density at radius 1 is 0.778 bits per heavy atom. The van der Waals surface area contributed by atoms with E-state index in [4.69, 9.17) is 0 Å². The van der Waals surface area contributed by atoms with Crippen molar-refractivity contribution >= 4 is 22.6 Å². The van der Waals surface area contributed by atoms with Crippen LogP contribution in [-0.2, 0) is 0 Å². The number of halogens is 1. The molecule has 0 N–H and O–H groups in total. The van der Waals surface area contributed by atoms with Gasteiger partial charge in [-0.05, 0) is 58.7 Å². The zero-order valence-corrected chi connectivity index (χ0v) is 13.3. The van der Waals surface area contributed by atoms with Crippen LogP contribution in [-0.4, -0.2) is 0 Å². The minimum absolute atomic E-state index is 0.489. The van der Waals surface area contributed by atoms with Gasteiger partial charge in [-0.1, -0.05) is 55.8 Å². The minimum atomic E-state index is 0.489. The molecule has 0 aromatic heterocycles. The summed E-state index contributed by atoms with van der Waals surface area (Å²) in [5, 5.41) is 0. The van der Waals surface area contributed by atoms with Crippen molar-refractivity contribution in [3.8, 4) is 0 Å². The molecule has 0 amide bonds. The summed E-state index contributed by atoms with van der Waals surface area (Å²) in [5.41, 5.74) is 4.15. The smallest absolute Gasteiger partial charge is 0.0130 e. The number of aryl methyl sites for hydroxylation is 1. The van der Waals surface area contributed by atoms with Gasteiger partial charge >= 0.3 is 0 Å². The first-order valence-corrected chi connectivity index (χ1v) is 7.48. The normalized spacial score (nSPS) is 12.7. The summed E-state index contributed by atoms with van der Waals surface area (Å²) in [6.45, 7) is 6.73. The largest absolute Gasteiger partial charge is 0.0619 e. The van der Waals surface area contributed by atoms with Gasteiger partial charge in [-0.25, -0.2) is 0 Å². The van der Waals surface area contributed by atoms with E-state index in [1.54, 1.807) is 0 Å². The maximum atomic E-state index is 2.36. The molecular weight excluding hydrogens is 331 g/mol. The molecule has 18 heavy (non-hydrogen) atoms. The number of hydrogen-bond acceptors (Lipinski definition) is 0. The van der Waals surface area contributed by atoms with Crippen LogP contribution in [0.5, 0.6) is 0 Å². The van der Waals surface area contributed by atoms with E-state index in [-0.39, 0.29) is 0 Å². The molecular formula is C17H19I. The summed E-state index contributed by atoms with van der Waals surface area (Å²) in [6.07, 6.45) is 0. The molecule has 1 heteroatoms. The van der Waals surface area contributed by atoms with Crippen LogP contribution in [0.15, 0.2) is 48.5 Å². The third-order valence-corrected chi connectivity index (χ3v) is 4.05. The first-order chi connectivity index (χ1) is 8.58. The quantitative estimate of drug-likeness (QED) is 0.652. The van der Waals surface area contributed by atoms with Gasteiger partial charge in [-0.3, -0.25) is 0 Å². The van der Waals surface area contributed by atoms with Crippen LogP contribution in [0.1, 0.15) is 36.5 Å². The second-order valence-electron chi connectivity index (χ2n) is 5.18. The average molecular weight is 350 g/mol. The van der Waals surface area contributed by atoms with E-state index < -0.39 is 0 Å². The zero-order chi connectivity index (χ0) is 13.1. The van der Waals surface area contributed by atoms with Crippen molar-refractivity contribution in [2.45, 2.75) is 26.7 Å². The Kier molecular flexibility index (Phi) is 4.44. The molecule has 1 unspecified atom stereocenters. The van der Waals surface area contributed by atoms with E-state index >= 15 is 0 Å². The van der Waals surface area contributed by atoms with Crippen LogP contribution < -0.4 is 0 Å². The van der Waals surface area contributed by atoms with Gasteiger partial charge in [0, 0.05) is 9.49 Å². The second kappa shape index (κ2) is 5.87. The zero-order valence-electron chi connectivity index (χ0n) is 11.2. The van der Waals surface area contributed by atoms with E-state index in [0.29, 0.717) is 11.8 Å². The molecule has 2 aromatic carbocycles. The third-order valence-electron chi connectivity index (χ3n) is 3.33. The highest BCUT2D eigenvalue weighted by Crippen LogP contribution is 2.32. The fourth-order valence-electron chi connectivity index (χ4n) is 2.41. The summed E-state index contributed by atoms with van der Waals surface area (Å²) in [5.74, 6) is 1.09. The molecule has 1 atom stereocenters. The highest BCUT2D eigenvalue weighted by atomic mass is 127. The number of hydrogen-bond donors (Lipinski definition) is 0.